The fourth-order valence-corrected chi connectivity index (χ4v) is 1.73. The Morgan fingerprint density at radius 3 is 2.60 bits per heavy atom. The quantitative estimate of drug-likeness (QED) is 0.690. The number of pyridine rings is 1. The molecule has 1 aromatic heterocycles. The average Bonchev–Trinajstić information content (AvgIpc) is 2.36. The molecular weight excluding hydrogens is 265 g/mol. The van der Waals surface area contributed by atoms with Crippen molar-refractivity contribution < 1.29 is 9.31 Å². The Kier molecular flexibility index (Phi) is 3.51. The lowest BCUT2D eigenvalue weighted by atomic mass is 10.2. The van der Waals surface area contributed by atoms with Gasteiger partial charge in [0.1, 0.15) is 11.5 Å². The Labute approximate surface area is 113 Å². The number of aryl methyl sites for hydroxylation is 2. The standard InChI is InChI=1S/C13H12FN3O3/c1-8-3-4-10(9(14)5-8)15-11-6-13(18)16(2)7-12(11)17(19)20/h3-7,15H,1-2H3. The van der Waals surface area contributed by atoms with Crippen LogP contribution in [0.15, 0.2) is 35.3 Å². The smallest absolute Gasteiger partial charge is 0.308 e. The molecule has 0 aliphatic rings. The van der Waals surface area contributed by atoms with Crippen LogP contribution in [-0.4, -0.2) is 9.49 Å². The van der Waals surface area contributed by atoms with E-state index in [9.17, 15) is 19.3 Å². The molecule has 6 nitrogen and oxygen atoms in total. The van der Waals surface area contributed by atoms with E-state index in [0.29, 0.717) is 0 Å². The number of nitrogens with one attached hydrogen (secondary N) is 1. The maximum absolute atomic E-state index is 13.7. The van der Waals surface area contributed by atoms with E-state index in [-0.39, 0.29) is 17.1 Å². The molecule has 0 bridgehead atoms. The molecule has 0 aliphatic carbocycles. The van der Waals surface area contributed by atoms with Gasteiger partial charge in [0, 0.05) is 13.1 Å². The number of anilines is 2. The van der Waals surface area contributed by atoms with Crippen LogP contribution in [0.1, 0.15) is 5.56 Å². The molecule has 0 spiro atoms. The molecule has 0 amide bonds. The molecule has 0 saturated carbocycles. The van der Waals surface area contributed by atoms with Gasteiger partial charge < -0.3 is 9.88 Å². The minimum absolute atomic E-state index is 0.0409. The van der Waals surface area contributed by atoms with Crippen LogP contribution in [0, 0.1) is 22.9 Å². The summed E-state index contributed by atoms with van der Waals surface area (Å²) in [5.74, 6) is -0.542. The summed E-state index contributed by atoms with van der Waals surface area (Å²) < 4.78 is 14.8. The first kappa shape index (κ1) is 13.7. The van der Waals surface area contributed by atoms with Gasteiger partial charge in [-0.1, -0.05) is 6.07 Å². The summed E-state index contributed by atoms with van der Waals surface area (Å²) >= 11 is 0. The lowest BCUT2D eigenvalue weighted by molar-refractivity contribution is -0.384. The summed E-state index contributed by atoms with van der Waals surface area (Å²) in [4.78, 5) is 21.9. The molecule has 1 aromatic carbocycles. The van der Waals surface area contributed by atoms with Crippen molar-refractivity contribution in [1.29, 1.82) is 0 Å². The van der Waals surface area contributed by atoms with Gasteiger partial charge in [0.2, 0.25) is 0 Å². The Balaban J connectivity index is 2.50. The number of hydrogen-bond donors (Lipinski definition) is 1. The number of aromatic nitrogens is 1. The fraction of sp³-hybridized carbons (Fsp3) is 0.154. The molecule has 0 unspecified atom stereocenters. The van der Waals surface area contributed by atoms with Crippen molar-refractivity contribution in [3.63, 3.8) is 0 Å². The number of nitrogens with zero attached hydrogens (tertiary/aromatic N) is 2. The molecular formula is C13H12FN3O3. The highest BCUT2D eigenvalue weighted by atomic mass is 19.1. The second-order valence-corrected chi connectivity index (χ2v) is 4.39. The summed E-state index contributed by atoms with van der Waals surface area (Å²) in [7, 11) is 1.41. The Bertz CT molecular complexity index is 740. The third-order valence-electron chi connectivity index (χ3n) is 2.80. The van der Waals surface area contributed by atoms with E-state index in [0.717, 1.165) is 22.4 Å². The largest absolute Gasteiger partial charge is 0.347 e. The van der Waals surface area contributed by atoms with Crippen molar-refractivity contribution in [3.05, 3.63) is 62.3 Å². The monoisotopic (exact) mass is 277 g/mol. The van der Waals surface area contributed by atoms with Crippen molar-refractivity contribution in [3.8, 4) is 0 Å². The van der Waals surface area contributed by atoms with E-state index in [4.69, 9.17) is 0 Å². The maximum atomic E-state index is 13.7. The topological polar surface area (TPSA) is 77.2 Å². The highest BCUT2D eigenvalue weighted by Crippen LogP contribution is 2.27. The van der Waals surface area contributed by atoms with E-state index in [2.05, 4.69) is 5.32 Å². The van der Waals surface area contributed by atoms with E-state index >= 15 is 0 Å². The van der Waals surface area contributed by atoms with E-state index < -0.39 is 16.3 Å². The molecule has 1 N–H and O–H groups in total. The molecule has 0 saturated heterocycles. The normalized spacial score (nSPS) is 10.3. The Morgan fingerprint density at radius 1 is 1.30 bits per heavy atom. The number of nitro groups is 1. The van der Waals surface area contributed by atoms with Crippen LogP contribution >= 0.6 is 0 Å². The molecule has 2 rings (SSSR count). The number of hydrogen-bond acceptors (Lipinski definition) is 4. The fourth-order valence-electron chi connectivity index (χ4n) is 1.73. The van der Waals surface area contributed by atoms with Gasteiger partial charge in [-0.05, 0) is 24.6 Å². The van der Waals surface area contributed by atoms with Crippen LogP contribution in [0.2, 0.25) is 0 Å². The van der Waals surface area contributed by atoms with Gasteiger partial charge in [-0.25, -0.2) is 4.39 Å². The van der Waals surface area contributed by atoms with Gasteiger partial charge >= 0.3 is 5.69 Å². The molecule has 104 valence electrons. The molecule has 20 heavy (non-hydrogen) atoms. The van der Waals surface area contributed by atoms with Crippen LogP contribution in [0.4, 0.5) is 21.5 Å². The van der Waals surface area contributed by atoms with E-state index in [1.54, 1.807) is 13.0 Å². The van der Waals surface area contributed by atoms with Crippen LogP contribution < -0.4 is 10.9 Å². The second-order valence-electron chi connectivity index (χ2n) is 4.39. The molecule has 7 heteroatoms. The summed E-state index contributed by atoms with van der Waals surface area (Å²) in [5.41, 5.74) is 0.0389. The first-order chi connectivity index (χ1) is 9.38. The molecule has 1 heterocycles. The Morgan fingerprint density at radius 2 is 2.00 bits per heavy atom. The van der Waals surface area contributed by atoms with Gasteiger partial charge in [0.15, 0.2) is 0 Å². The summed E-state index contributed by atoms with van der Waals surface area (Å²) in [5, 5.41) is 13.6. The van der Waals surface area contributed by atoms with Gasteiger partial charge in [-0.15, -0.1) is 0 Å². The minimum atomic E-state index is -0.631. The summed E-state index contributed by atoms with van der Waals surface area (Å²) in [6.45, 7) is 1.73. The van der Waals surface area contributed by atoms with Gasteiger partial charge in [0.25, 0.3) is 5.56 Å². The van der Waals surface area contributed by atoms with Crippen molar-refractivity contribution >= 4 is 17.1 Å². The van der Waals surface area contributed by atoms with Crippen LogP contribution in [0.25, 0.3) is 0 Å². The van der Waals surface area contributed by atoms with Crippen molar-refractivity contribution in [2.75, 3.05) is 5.32 Å². The molecule has 0 aliphatic heterocycles. The predicted molar refractivity (Wildman–Crippen MR) is 72.8 cm³/mol. The van der Waals surface area contributed by atoms with E-state index in [1.165, 1.54) is 19.2 Å². The molecule has 0 fully saturated rings. The van der Waals surface area contributed by atoms with Crippen molar-refractivity contribution in [1.82, 2.24) is 4.57 Å². The first-order valence-electron chi connectivity index (χ1n) is 5.76. The highest BCUT2D eigenvalue weighted by Gasteiger charge is 2.17. The zero-order chi connectivity index (χ0) is 14.9. The first-order valence-corrected chi connectivity index (χ1v) is 5.76. The zero-order valence-corrected chi connectivity index (χ0v) is 10.9. The zero-order valence-electron chi connectivity index (χ0n) is 10.9. The SMILES string of the molecule is Cc1ccc(Nc2cc(=O)n(C)cc2[N+](=O)[O-])c(F)c1. The highest BCUT2D eigenvalue weighted by molar-refractivity contribution is 5.68. The lowest BCUT2D eigenvalue weighted by Gasteiger charge is -2.09. The Hall–Kier alpha value is -2.70. The van der Waals surface area contributed by atoms with Crippen LogP contribution in [-0.2, 0) is 7.05 Å². The predicted octanol–water partition coefficient (Wildman–Crippen LogP) is 2.48. The maximum Gasteiger partial charge on any atom is 0.308 e. The average molecular weight is 277 g/mol. The lowest BCUT2D eigenvalue weighted by Crippen LogP contribution is -2.16. The van der Waals surface area contributed by atoms with Gasteiger partial charge in [0.05, 0.1) is 16.8 Å². The third-order valence-corrected chi connectivity index (χ3v) is 2.80. The van der Waals surface area contributed by atoms with Crippen molar-refractivity contribution in [2.45, 2.75) is 6.92 Å². The number of benzene rings is 1. The molecule has 2 aromatic rings. The van der Waals surface area contributed by atoms with E-state index in [1.807, 2.05) is 0 Å². The number of halogens is 1. The number of rotatable bonds is 3. The third kappa shape index (κ3) is 2.66. The van der Waals surface area contributed by atoms with Gasteiger partial charge in [-0.2, -0.15) is 0 Å². The molecule has 0 radical (unpaired) electrons. The minimum Gasteiger partial charge on any atom is -0.347 e. The second kappa shape index (κ2) is 5.12. The van der Waals surface area contributed by atoms with Crippen molar-refractivity contribution in [2.24, 2.45) is 7.05 Å². The van der Waals surface area contributed by atoms with Crippen LogP contribution in [0.3, 0.4) is 0 Å². The molecule has 0 atom stereocenters. The summed E-state index contributed by atoms with van der Waals surface area (Å²) in [6.07, 6.45) is 1.09. The van der Waals surface area contributed by atoms with Gasteiger partial charge in [-0.3, -0.25) is 14.9 Å². The summed E-state index contributed by atoms with van der Waals surface area (Å²) in [6, 6.07) is 5.50. The van der Waals surface area contributed by atoms with Crippen LogP contribution in [0.5, 0.6) is 0 Å².